The third-order valence-electron chi connectivity index (χ3n) is 4.64. The Bertz CT molecular complexity index is 828. The molecule has 0 aliphatic heterocycles. The summed E-state index contributed by atoms with van der Waals surface area (Å²) >= 11 is 0. The van der Waals surface area contributed by atoms with E-state index in [2.05, 4.69) is 0 Å². The molecule has 0 spiro atoms. The van der Waals surface area contributed by atoms with Gasteiger partial charge in [-0.2, -0.15) is 0 Å². The molecule has 138 valence electrons. The molecule has 0 saturated carbocycles. The highest BCUT2D eigenvalue weighted by atomic mass is 19.1. The molecular formula is C21H24FNO3. The number of primary amides is 1. The Labute approximate surface area is 153 Å². The van der Waals surface area contributed by atoms with E-state index >= 15 is 0 Å². The van der Waals surface area contributed by atoms with Crippen LogP contribution in [0.1, 0.15) is 44.9 Å². The van der Waals surface area contributed by atoms with Gasteiger partial charge in [0.05, 0.1) is 6.10 Å². The van der Waals surface area contributed by atoms with Crippen LogP contribution < -0.4 is 10.5 Å². The maximum Gasteiger partial charge on any atom is 0.405 e. The quantitative estimate of drug-likeness (QED) is 0.838. The van der Waals surface area contributed by atoms with E-state index in [1.54, 1.807) is 0 Å². The van der Waals surface area contributed by atoms with Crippen molar-refractivity contribution in [1.29, 1.82) is 0 Å². The molecule has 5 heteroatoms. The van der Waals surface area contributed by atoms with Crippen LogP contribution in [0, 0.1) is 11.2 Å². The first-order valence-electron chi connectivity index (χ1n) is 8.73. The topological polar surface area (TPSA) is 61.6 Å². The average molecular weight is 357 g/mol. The molecule has 0 radical (unpaired) electrons. The van der Waals surface area contributed by atoms with Gasteiger partial charge in [-0.25, -0.2) is 9.18 Å². The summed E-state index contributed by atoms with van der Waals surface area (Å²) in [5, 5.41) is 0. The van der Waals surface area contributed by atoms with E-state index < -0.39 is 12.2 Å². The molecule has 2 aromatic carbocycles. The number of nitrogens with two attached hydrogens (primary N) is 1. The third-order valence-corrected chi connectivity index (χ3v) is 4.64. The van der Waals surface area contributed by atoms with Crippen molar-refractivity contribution in [3.05, 3.63) is 53.3 Å². The van der Waals surface area contributed by atoms with Crippen molar-refractivity contribution in [2.24, 2.45) is 11.1 Å². The predicted molar refractivity (Wildman–Crippen MR) is 98.5 cm³/mol. The van der Waals surface area contributed by atoms with Crippen LogP contribution in [0.4, 0.5) is 9.18 Å². The lowest BCUT2D eigenvalue weighted by molar-refractivity contribution is 0.0391. The molecule has 4 nitrogen and oxygen atoms in total. The van der Waals surface area contributed by atoms with E-state index in [-0.39, 0.29) is 17.3 Å². The van der Waals surface area contributed by atoms with E-state index in [1.807, 2.05) is 58.0 Å². The number of hydrogen-bond donors (Lipinski definition) is 1. The van der Waals surface area contributed by atoms with Crippen LogP contribution in [0.15, 0.2) is 36.4 Å². The normalized spacial score (nSPS) is 17.8. The Balaban J connectivity index is 1.96. The van der Waals surface area contributed by atoms with E-state index in [4.69, 9.17) is 15.2 Å². The summed E-state index contributed by atoms with van der Waals surface area (Å²) in [6.07, 6.45) is -0.620. The van der Waals surface area contributed by atoms with Gasteiger partial charge in [0.15, 0.2) is 0 Å². The van der Waals surface area contributed by atoms with Gasteiger partial charge in [0, 0.05) is 11.0 Å². The Morgan fingerprint density at radius 1 is 1.23 bits per heavy atom. The van der Waals surface area contributed by atoms with Crippen LogP contribution in [-0.4, -0.2) is 12.2 Å². The number of ether oxygens (including phenoxy) is 2. The summed E-state index contributed by atoms with van der Waals surface area (Å²) in [5.41, 5.74) is 7.82. The number of carbonyl (C=O) groups excluding carboxylic acids is 1. The fraction of sp³-hybridized carbons (Fsp3) is 0.381. The molecule has 2 N–H and O–H groups in total. The summed E-state index contributed by atoms with van der Waals surface area (Å²) in [4.78, 5) is 11.2. The molecule has 0 saturated heterocycles. The Morgan fingerprint density at radius 3 is 2.46 bits per heavy atom. The zero-order chi connectivity index (χ0) is 19.1. The minimum atomic E-state index is -0.846. The average Bonchev–Trinajstić information content (AvgIpc) is 2.77. The first-order valence-corrected chi connectivity index (χ1v) is 8.73. The van der Waals surface area contributed by atoms with Crippen molar-refractivity contribution < 1.29 is 18.7 Å². The van der Waals surface area contributed by atoms with Gasteiger partial charge in [0.25, 0.3) is 0 Å². The summed E-state index contributed by atoms with van der Waals surface area (Å²) < 4.78 is 25.7. The lowest BCUT2D eigenvalue weighted by Gasteiger charge is -2.26. The lowest BCUT2D eigenvalue weighted by Crippen LogP contribution is -2.25. The standard InChI is InChI=1S/C21H24FNO3/c1-12(2)25-15-7-5-13(6-8-15)16-9-14-11-21(3,4)19(26-20(23)24)17(14)10-18(16)22/h5-10,12,19H,11H2,1-4H3,(H2,23,24)/t19-/m0/s1. The van der Waals surface area contributed by atoms with Crippen LogP contribution in [0.2, 0.25) is 0 Å². The molecule has 1 amide bonds. The minimum Gasteiger partial charge on any atom is -0.491 e. The van der Waals surface area contributed by atoms with Crippen molar-refractivity contribution in [2.45, 2.75) is 46.3 Å². The lowest BCUT2D eigenvalue weighted by atomic mass is 9.87. The second kappa shape index (κ2) is 6.63. The fourth-order valence-corrected chi connectivity index (χ4v) is 3.58. The summed E-state index contributed by atoms with van der Waals surface area (Å²) in [5.74, 6) is 0.401. The van der Waals surface area contributed by atoms with E-state index in [0.717, 1.165) is 16.9 Å². The van der Waals surface area contributed by atoms with Crippen molar-refractivity contribution in [2.75, 3.05) is 0 Å². The first kappa shape index (κ1) is 18.2. The van der Waals surface area contributed by atoms with Gasteiger partial charge in [-0.15, -0.1) is 0 Å². The Morgan fingerprint density at radius 2 is 1.88 bits per heavy atom. The van der Waals surface area contributed by atoms with Crippen LogP contribution in [0.25, 0.3) is 11.1 Å². The van der Waals surface area contributed by atoms with Crippen LogP contribution in [0.3, 0.4) is 0 Å². The molecule has 0 heterocycles. The van der Waals surface area contributed by atoms with Crippen molar-refractivity contribution in [1.82, 2.24) is 0 Å². The van der Waals surface area contributed by atoms with E-state index in [1.165, 1.54) is 6.07 Å². The maximum absolute atomic E-state index is 14.8. The molecule has 1 aliphatic rings. The van der Waals surface area contributed by atoms with Crippen LogP contribution in [0.5, 0.6) is 5.75 Å². The zero-order valence-electron chi connectivity index (χ0n) is 15.5. The van der Waals surface area contributed by atoms with E-state index in [0.29, 0.717) is 17.5 Å². The Hall–Kier alpha value is -2.56. The monoisotopic (exact) mass is 357 g/mol. The zero-order valence-corrected chi connectivity index (χ0v) is 15.5. The van der Waals surface area contributed by atoms with Crippen LogP contribution >= 0.6 is 0 Å². The Kier molecular flexibility index (Phi) is 4.65. The van der Waals surface area contributed by atoms with Gasteiger partial charge in [-0.1, -0.05) is 26.0 Å². The minimum absolute atomic E-state index is 0.0852. The van der Waals surface area contributed by atoms with Gasteiger partial charge in [0.2, 0.25) is 0 Å². The third kappa shape index (κ3) is 3.52. The second-order valence-corrected chi connectivity index (χ2v) is 7.70. The number of halogens is 1. The fourth-order valence-electron chi connectivity index (χ4n) is 3.58. The highest BCUT2D eigenvalue weighted by Gasteiger charge is 2.42. The molecule has 1 aliphatic carbocycles. The molecule has 0 unspecified atom stereocenters. The summed E-state index contributed by atoms with van der Waals surface area (Å²) in [7, 11) is 0. The number of rotatable bonds is 4. The van der Waals surface area contributed by atoms with Gasteiger partial charge in [0.1, 0.15) is 17.7 Å². The molecule has 1 atom stereocenters. The number of fused-ring (bicyclic) bond motifs is 1. The van der Waals surface area contributed by atoms with Gasteiger partial charge in [-0.05, 0) is 61.2 Å². The molecule has 0 fully saturated rings. The van der Waals surface area contributed by atoms with E-state index in [9.17, 15) is 9.18 Å². The maximum atomic E-state index is 14.8. The van der Waals surface area contributed by atoms with Gasteiger partial charge in [-0.3, -0.25) is 0 Å². The number of carbonyl (C=O) groups is 1. The molecule has 26 heavy (non-hydrogen) atoms. The largest absolute Gasteiger partial charge is 0.491 e. The molecule has 2 aromatic rings. The van der Waals surface area contributed by atoms with Crippen LogP contribution in [-0.2, 0) is 11.2 Å². The molecular weight excluding hydrogens is 333 g/mol. The highest BCUT2D eigenvalue weighted by molar-refractivity contribution is 5.68. The summed E-state index contributed by atoms with van der Waals surface area (Å²) in [6, 6.07) is 10.7. The highest BCUT2D eigenvalue weighted by Crippen LogP contribution is 2.48. The number of benzene rings is 2. The smallest absolute Gasteiger partial charge is 0.405 e. The SMILES string of the molecule is CC(C)Oc1ccc(-c2cc3c(cc2F)[C@H](OC(N)=O)C(C)(C)C3)cc1. The van der Waals surface area contributed by atoms with Gasteiger partial charge >= 0.3 is 6.09 Å². The summed E-state index contributed by atoms with van der Waals surface area (Å²) in [6.45, 7) is 7.88. The molecule has 0 aromatic heterocycles. The molecule has 3 rings (SSSR count). The predicted octanol–water partition coefficient (Wildman–Crippen LogP) is 5.00. The van der Waals surface area contributed by atoms with Crippen molar-refractivity contribution in [3.63, 3.8) is 0 Å². The number of hydrogen-bond acceptors (Lipinski definition) is 3. The number of amides is 1. The van der Waals surface area contributed by atoms with Crippen molar-refractivity contribution >= 4 is 6.09 Å². The first-order chi connectivity index (χ1) is 12.2. The molecule has 0 bridgehead atoms. The van der Waals surface area contributed by atoms with Gasteiger partial charge < -0.3 is 15.2 Å². The van der Waals surface area contributed by atoms with Crippen molar-refractivity contribution in [3.8, 4) is 16.9 Å². The second-order valence-electron chi connectivity index (χ2n) is 7.70.